The van der Waals surface area contributed by atoms with Crippen LogP contribution in [-0.2, 0) is 6.54 Å². The number of methoxy groups -OCH3 is 2. The lowest BCUT2D eigenvalue weighted by atomic mass is 10.0. The summed E-state index contributed by atoms with van der Waals surface area (Å²) in [6.07, 6.45) is 3.09. The Labute approximate surface area is 194 Å². The standard InChI is InChI=1S/C25H22F2N4O3/c1-15-6-7-17(20-5-4-8-28-24(20)34-3)11-21(15)29-25-30-23(32)22(33-2)14-31(25)13-16-9-18(26)12-19(27)10-16/h4-12,14H,13H2,1-3H3,(H,29,30,32). The highest BCUT2D eigenvalue weighted by Crippen LogP contribution is 2.32. The van der Waals surface area contributed by atoms with Crippen LogP contribution in [-0.4, -0.2) is 28.8 Å². The normalized spacial score (nSPS) is 10.7. The highest BCUT2D eigenvalue weighted by Gasteiger charge is 2.14. The van der Waals surface area contributed by atoms with Crippen LogP contribution in [0, 0.1) is 18.6 Å². The zero-order valence-corrected chi connectivity index (χ0v) is 18.8. The zero-order chi connectivity index (χ0) is 24.2. The lowest BCUT2D eigenvalue weighted by molar-refractivity contribution is 0.399. The van der Waals surface area contributed by atoms with Crippen LogP contribution < -0.4 is 20.3 Å². The molecule has 2 aromatic heterocycles. The molecule has 0 unspecified atom stereocenters. The molecule has 2 heterocycles. The van der Waals surface area contributed by atoms with Crippen molar-refractivity contribution in [1.29, 1.82) is 0 Å². The van der Waals surface area contributed by atoms with Gasteiger partial charge in [0.15, 0.2) is 0 Å². The number of halogens is 2. The number of hydrogen-bond acceptors (Lipinski definition) is 6. The van der Waals surface area contributed by atoms with Crippen LogP contribution in [0.1, 0.15) is 11.1 Å². The highest BCUT2D eigenvalue weighted by atomic mass is 19.1. The maximum atomic E-state index is 13.7. The second-order valence-corrected chi connectivity index (χ2v) is 7.56. The Morgan fingerprint density at radius 2 is 1.79 bits per heavy atom. The van der Waals surface area contributed by atoms with E-state index >= 15 is 0 Å². The molecule has 0 spiro atoms. The molecule has 0 atom stereocenters. The van der Waals surface area contributed by atoms with E-state index in [9.17, 15) is 13.6 Å². The first-order valence-electron chi connectivity index (χ1n) is 10.4. The molecule has 34 heavy (non-hydrogen) atoms. The summed E-state index contributed by atoms with van der Waals surface area (Å²) in [5, 5.41) is 3.18. The van der Waals surface area contributed by atoms with Gasteiger partial charge in [-0.1, -0.05) is 12.1 Å². The third kappa shape index (κ3) is 4.88. The lowest BCUT2D eigenvalue weighted by Gasteiger charge is -2.17. The van der Waals surface area contributed by atoms with E-state index in [2.05, 4.69) is 15.3 Å². The molecule has 0 aliphatic rings. The van der Waals surface area contributed by atoms with Crippen molar-refractivity contribution in [2.24, 2.45) is 0 Å². The van der Waals surface area contributed by atoms with Gasteiger partial charge in [0, 0.05) is 23.5 Å². The highest BCUT2D eigenvalue weighted by molar-refractivity contribution is 5.74. The Kier molecular flexibility index (Phi) is 6.53. The first kappa shape index (κ1) is 22.9. The molecule has 0 saturated carbocycles. The van der Waals surface area contributed by atoms with Crippen molar-refractivity contribution in [3.05, 3.63) is 94.0 Å². The summed E-state index contributed by atoms with van der Waals surface area (Å²) >= 11 is 0. The van der Waals surface area contributed by atoms with Gasteiger partial charge in [-0.25, -0.2) is 13.8 Å². The quantitative estimate of drug-likeness (QED) is 0.427. The summed E-state index contributed by atoms with van der Waals surface area (Å²) in [4.78, 5) is 20.7. The van der Waals surface area contributed by atoms with Gasteiger partial charge < -0.3 is 19.4 Å². The largest absolute Gasteiger partial charge is 0.490 e. The van der Waals surface area contributed by atoms with Gasteiger partial charge in [0.1, 0.15) is 11.6 Å². The number of rotatable bonds is 7. The minimum Gasteiger partial charge on any atom is -0.490 e. The number of aryl methyl sites for hydroxylation is 1. The molecule has 1 N–H and O–H groups in total. The fourth-order valence-corrected chi connectivity index (χ4v) is 3.55. The van der Waals surface area contributed by atoms with E-state index in [0.717, 1.165) is 22.8 Å². The van der Waals surface area contributed by atoms with E-state index in [-0.39, 0.29) is 18.2 Å². The van der Waals surface area contributed by atoms with Gasteiger partial charge in [-0.05, 0) is 53.9 Å². The fraction of sp³-hybridized carbons (Fsp3) is 0.160. The minimum atomic E-state index is -0.695. The van der Waals surface area contributed by atoms with Gasteiger partial charge in [0.2, 0.25) is 17.6 Å². The molecule has 4 aromatic rings. The molecule has 0 aliphatic heterocycles. The first-order chi connectivity index (χ1) is 16.4. The SMILES string of the molecule is COc1ncccc1-c1ccc(C)c(Nc2nc(=O)c(OC)cn2Cc2cc(F)cc(F)c2)c1. The monoisotopic (exact) mass is 464 g/mol. The Balaban J connectivity index is 1.76. The van der Waals surface area contributed by atoms with Crippen molar-refractivity contribution >= 4 is 11.6 Å². The van der Waals surface area contributed by atoms with Gasteiger partial charge in [0.25, 0.3) is 0 Å². The molecule has 0 saturated heterocycles. The Bertz CT molecular complexity index is 1390. The van der Waals surface area contributed by atoms with Gasteiger partial charge in [-0.2, -0.15) is 4.98 Å². The van der Waals surface area contributed by atoms with Crippen LogP contribution in [0.25, 0.3) is 11.1 Å². The molecule has 7 nitrogen and oxygen atoms in total. The minimum absolute atomic E-state index is 0.00740. The molecule has 0 bridgehead atoms. The average Bonchev–Trinajstić information content (AvgIpc) is 2.81. The molecule has 0 fully saturated rings. The van der Waals surface area contributed by atoms with Crippen molar-refractivity contribution in [2.75, 3.05) is 19.5 Å². The number of hydrogen-bond donors (Lipinski definition) is 1. The fourth-order valence-electron chi connectivity index (χ4n) is 3.55. The Hall–Kier alpha value is -4.27. The lowest BCUT2D eigenvalue weighted by Crippen LogP contribution is -2.19. The summed E-state index contributed by atoms with van der Waals surface area (Å²) in [6, 6.07) is 12.7. The van der Waals surface area contributed by atoms with E-state index < -0.39 is 17.2 Å². The van der Waals surface area contributed by atoms with Crippen LogP contribution in [0.15, 0.2) is 65.7 Å². The molecule has 0 aliphatic carbocycles. The maximum Gasteiger partial charge on any atom is 0.316 e. The summed E-state index contributed by atoms with van der Waals surface area (Å²) in [7, 11) is 2.90. The third-order valence-electron chi connectivity index (χ3n) is 5.22. The second kappa shape index (κ2) is 9.70. The van der Waals surface area contributed by atoms with Crippen molar-refractivity contribution < 1.29 is 18.3 Å². The Morgan fingerprint density at radius 3 is 2.50 bits per heavy atom. The maximum absolute atomic E-state index is 13.7. The number of benzene rings is 2. The van der Waals surface area contributed by atoms with Crippen molar-refractivity contribution in [3.63, 3.8) is 0 Å². The van der Waals surface area contributed by atoms with E-state index in [1.165, 1.54) is 25.4 Å². The summed E-state index contributed by atoms with van der Waals surface area (Å²) < 4.78 is 39.5. The van der Waals surface area contributed by atoms with Crippen molar-refractivity contribution in [2.45, 2.75) is 13.5 Å². The molecular formula is C25H22F2N4O3. The molecule has 0 radical (unpaired) electrons. The van der Waals surface area contributed by atoms with E-state index in [1.54, 1.807) is 17.9 Å². The average molecular weight is 464 g/mol. The van der Waals surface area contributed by atoms with Crippen LogP contribution in [0.4, 0.5) is 20.4 Å². The molecule has 2 aromatic carbocycles. The molecule has 4 rings (SSSR count). The number of pyridine rings is 1. The van der Waals surface area contributed by atoms with Crippen LogP contribution in [0.2, 0.25) is 0 Å². The molecule has 9 heteroatoms. The van der Waals surface area contributed by atoms with Gasteiger partial charge in [0.05, 0.1) is 27.0 Å². The first-order valence-corrected chi connectivity index (χ1v) is 10.4. The van der Waals surface area contributed by atoms with Gasteiger partial charge >= 0.3 is 5.56 Å². The van der Waals surface area contributed by atoms with E-state index in [4.69, 9.17) is 9.47 Å². The topological polar surface area (TPSA) is 78.3 Å². The predicted octanol–water partition coefficient (Wildman–Crippen LogP) is 4.70. The summed E-state index contributed by atoms with van der Waals surface area (Å²) in [6.45, 7) is 1.95. The molecular weight excluding hydrogens is 442 g/mol. The van der Waals surface area contributed by atoms with Crippen molar-refractivity contribution in [1.82, 2.24) is 14.5 Å². The number of ether oxygens (including phenoxy) is 2. The van der Waals surface area contributed by atoms with Crippen LogP contribution in [0.3, 0.4) is 0 Å². The zero-order valence-electron chi connectivity index (χ0n) is 18.8. The summed E-state index contributed by atoms with van der Waals surface area (Å²) in [5.41, 5.74) is 2.99. The van der Waals surface area contributed by atoms with Crippen LogP contribution >= 0.6 is 0 Å². The van der Waals surface area contributed by atoms with Crippen molar-refractivity contribution in [3.8, 4) is 22.8 Å². The second-order valence-electron chi connectivity index (χ2n) is 7.56. The van der Waals surface area contributed by atoms with E-state index in [1.807, 2.05) is 37.3 Å². The smallest absolute Gasteiger partial charge is 0.316 e. The number of anilines is 2. The molecule has 174 valence electrons. The predicted molar refractivity (Wildman–Crippen MR) is 125 cm³/mol. The number of nitrogens with zero attached hydrogens (tertiary/aromatic N) is 3. The Morgan fingerprint density at radius 1 is 1.03 bits per heavy atom. The van der Waals surface area contributed by atoms with E-state index in [0.29, 0.717) is 17.1 Å². The molecule has 0 amide bonds. The van der Waals surface area contributed by atoms with Gasteiger partial charge in [-0.15, -0.1) is 0 Å². The summed E-state index contributed by atoms with van der Waals surface area (Å²) in [5.74, 6) is -0.717. The number of aromatic nitrogens is 3. The third-order valence-corrected chi connectivity index (χ3v) is 5.22. The van der Waals surface area contributed by atoms with Gasteiger partial charge in [-0.3, -0.25) is 4.79 Å². The van der Waals surface area contributed by atoms with Crippen LogP contribution in [0.5, 0.6) is 11.6 Å². The number of nitrogens with one attached hydrogen (secondary N) is 1.